The third kappa shape index (κ3) is 3.13. The third-order valence-corrected chi connectivity index (χ3v) is 4.71. The third-order valence-electron chi connectivity index (χ3n) is 3.82. The Bertz CT molecular complexity index is 661. The molecule has 1 saturated heterocycles. The molecule has 116 valence electrons. The van der Waals surface area contributed by atoms with Gasteiger partial charge in [0.2, 0.25) is 5.91 Å². The number of thiazole rings is 1. The average Bonchev–Trinajstić information content (AvgIpc) is 3.17. The summed E-state index contributed by atoms with van der Waals surface area (Å²) in [6.07, 6.45) is 0.890. The Morgan fingerprint density at radius 1 is 1.41 bits per heavy atom. The molecule has 3 rings (SSSR count). The molecule has 22 heavy (non-hydrogen) atoms. The summed E-state index contributed by atoms with van der Waals surface area (Å²) in [4.78, 5) is 17.8. The van der Waals surface area contributed by atoms with Gasteiger partial charge in [-0.1, -0.05) is 0 Å². The number of methoxy groups -OCH3 is 1. The normalized spacial score (nSPS) is 17.5. The molecule has 2 N–H and O–H groups in total. The van der Waals surface area contributed by atoms with Crippen molar-refractivity contribution in [3.05, 3.63) is 29.1 Å². The molecule has 1 aliphatic rings. The van der Waals surface area contributed by atoms with E-state index >= 15 is 0 Å². The van der Waals surface area contributed by atoms with E-state index in [1.54, 1.807) is 7.11 Å². The lowest BCUT2D eigenvalue weighted by Gasteiger charge is -2.06. The van der Waals surface area contributed by atoms with Crippen LogP contribution >= 0.6 is 11.3 Å². The topological polar surface area (TPSA) is 63.2 Å². The van der Waals surface area contributed by atoms with E-state index in [4.69, 9.17) is 4.74 Å². The summed E-state index contributed by atoms with van der Waals surface area (Å²) < 4.78 is 5.17. The summed E-state index contributed by atoms with van der Waals surface area (Å²) >= 11 is 1.51. The molecule has 6 heteroatoms. The van der Waals surface area contributed by atoms with Gasteiger partial charge in [-0.3, -0.25) is 4.79 Å². The zero-order valence-corrected chi connectivity index (χ0v) is 13.5. The molecule has 5 nitrogen and oxygen atoms in total. The van der Waals surface area contributed by atoms with E-state index in [0.717, 1.165) is 41.4 Å². The van der Waals surface area contributed by atoms with Gasteiger partial charge in [-0.2, -0.15) is 0 Å². The van der Waals surface area contributed by atoms with Crippen molar-refractivity contribution in [2.75, 3.05) is 25.5 Å². The van der Waals surface area contributed by atoms with Gasteiger partial charge in [0.25, 0.3) is 0 Å². The molecule has 1 fully saturated rings. The molecule has 2 heterocycles. The van der Waals surface area contributed by atoms with Crippen LogP contribution in [-0.4, -0.2) is 31.1 Å². The van der Waals surface area contributed by atoms with Gasteiger partial charge in [0.15, 0.2) is 5.13 Å². The molecule has 1 atom stereocenters. The highest BCUT2D eigenvalue weighted by Gasteiger charge is 2.23. The molecular formula is C16H19N3O2S. The monoisotopic (exact) mass is 317 g/mol. The number of benzene rings is 1. The number of hydrogen-bond acceptors (Lipinski definition) is 5. The summed E-state index contributed by atoms with van der Waals surface area (Å²) in [5.74, 6) is 0.924. The Labute approximate surface area is 133 Å². The maximum absolute atomic E-state index is 12.2. The summed E-state index contributed by atoms with van der Waals surface area (Å²) in [5.41, 5.74) is 1.94. The van der Waals surface area contributed by atoms with Crippen molar-refractivity contribution in [3.63, 3.8) is 0 Å². The SMILES string of the molecule is COc1ccc(-c2nc(NC(=O)C3CCNC3)sc2C)cc1. The Morgan fingerprint density at radius 2 is 2.18 bits per heavy atom. The van der Waals surface area contributed by atoms with Gasteiger partial charge in [0, 0.05) is 17.0 Å². The quantitative estimate of drug-likeness (QED) is 0.910. The lowest BCUT2D eigenvalue weighted by molar-refractivity contribution is -0.119. The molecule has 0 radical (unpaired) electrons. The minimum atomic E-state index is 0.0497. The van der Waals surface area contributed by atoms with Crippen LogP contribution in [0.25, 0.3) is 11.3 Å². The fourth-order valence-corrected chi connectivity index (χ4v) is 3.39. The standard InChI is InChI=1S/C16H19N3O2S/c1-10-14(11-3-5-13(21-2)6-4-11)18-16(22-10)19-15(20)12-7-8-17-9-12/h3-6,12,17H,7-9H2,1-2H3,(H,18,19,20). The summed E-state index contributed by atoms with van der Waals surface area (Å²) in [6, 6.07) is 7.79. The van der Waals surface area contributed by atoms with Crippen molar-refractivity contribution >= 4 is 22.4 Å². The number of aromatic nitrogens is 1. The molecule has 0 bridgehead atoms. The van der Waals surface area contributed by atoms with Crippen LogP contribution < -0.4 is 15.4 Å². The van der Waals surface area contributed by atoms with Crippen molar-refractivity contribution in [1.29, 1.82) is 0 Å². The van der Waals surface area contributed by atoms with Crippen LogP contribution in [0.2, 0.25) is 0 Å². The summed E-state index contributed by atoms with van der Waals surface area (Å²) in [6.45, 7) is 3.68. The molecule has 1 unspecified atom stereocenters. The van der Waals surface area contributed by atoms with Gasteiger partial charge in [0.1, 0.15) is 5.75 Å². The second kappa shape index (κ2) is 6.46. The van der Waals surface area contributed by atoms with E-state index < -0.39 is 0 Å². The first-order chi connectivity index (χ1) is 10.7. The van der Waals surface area contributed by atoms with Crippen LogP contribution in [0, 0.1) is 12.8 Å². The highest BCUT2D eigenvalue weighted by molar-refractivity contribution is 7.16. The number of nitrogens with zero attached hydrogens (tertiary/aromatic N) is 1. The van der Waals surface area contributed by atoms with Gasteiger partial charge in [-0.15, -0.1) is 11.3 Å². The molecule has 0 aliphatic carbocycles. The molecule has 1 aliphatic heterocycles. The lowest BCUT2D eigenvalue weighted by atomic mass is 10.1. The van der Waals surface area contributed by atoms with Crippen LogP contribution in [0.1, 0.15) is 11.3 Å². The van der Waals surface area contributed by atoms with Crippen molar-refractivity contribution < 1.29 is 9.53 Å². The largest absolute Gasteiger partial charge is 0.497 e. The van der Waals surface area contributed by atoms with Crippen LogP contribution in [0.15, 0.2) is 24.3 Å². The molecule has 1 aromatic heterocycles. The number of anilines is 1. The number of aryl methyl sites for hydroxylation is 1. The van der Waals surface area contributed by atoms with Gasteiger partial charge < -0.3 is 15.4 Å². The minimum absolute atomic E-state index is 0.0497. The maximum atomic E-state index is 12.2. The van der Waals surface area contributed by atoms with Crippen molar-refractivity contribution in [2.45, 2.75) is 13.3 Å². The first-order valence-corrected chi connectivity index (χ1v) is 8.12. The fourth-order valence-electron chi connectivity index (χ4n) is 2.55. The predicted molar refractivity (Wildman–Crippen MR) is 88.4 cm³/mol. The van der Waals surface area contributed by atoms with Gasteiger partial charge in [-0.25, -0.2) is 4.98 Å². The van der Waals surface area contributed by atoms with Crippen LogP contribution in [0.3, 0.4) is 0 Å². The molecular weight excluding hydrogens is 298 g/mol. The molecule has 0 spiro atoms. The highest BCUT2D eigenvalue weighted by Crippen LogP contribution is 2.31. The number of ether oxygens (including phenoxy) is 1. The predicted octanol–water partition coefficient (Wildman–Crippen LogP) is 2.68. The molecule has 1 amide bonds. The summed E-state index contributed by atoms with van der Waals surface area (Å²) in [5, 5.41) is 6.81. The number of amides is 1. The minimum Gasteiger partial charge on any atom is -0.497 e. The highest BCUT2D eigenvalue weighted by atomic mass is 32.1. The van der Waals surface area contributed by atoms with E-state index in [1.807, 2.05) is 31.2 Å². The van der Waals surface area contributed by atoms with E-state index in [-0.39, 0.29) is 11.8 Å². The first kappa shape index (κ1) is 15.0. The number of nitrogens with one attached hydrogen (secondary N) is 2. The molecule has 2 aromatic rings. The lowest BCUT2D eigenvalue weighted by Crippen LogP contribution is -2.24. The number of hydrogen-bond donors (Lipinski definition) is 2. The second-order valence-corrected chi connectivity index (χ2v) is 6.53. The van der Waals surface area contributed by atoms with E-state index in [0.29, 0.717) is 5.13 Å². The van der Waals surface area contributed by atoms with E-state index in [1.165, 1.54) is 11.3 Å². The maximum Gasteiger partial charge on any atom is 0.230 e. The van der Waals surface area contributed by atoms with Crippen molar-refractivity contribution in [2.24, 2.45) is 5.92 Å². The Balaban J connectivity index is 1.76. The fraction of sp³-hybridized carbons (Fsp3) is 0.375. The molecule has 1 aromatic carbocycles. The van der Waals surface area contributed by atoms with Gasteiger partial charge >= 0.3 is 0 Å². The smallest absolute Gasteiger partial charge is 0.230 e. The van der Waals surface area contributed by atoms with Crippen LogP contribution in [0.4, 0.5) is 5.13 Å². The summed E-state index contributed by atoms with van der Waals surface area (Å²) in [7, 11) is 1.65. The zero-order chi connectivity index (χ0) is 15.5. The van der Waals surface area contributed by atoms with Crippen LogP contribution in [-0.2, 0) is 4.79 Å². The zero-order valence-electron chi connectivity index (χ0n) is 12.7. The number of carbonyl (C=O) groups excluding carboxylic acids is 1. The van der Waals surface area contributed by atoms with E-state index in [2.05, 4.69) is 15.6 Å². The Kier molecular flexibility index (Phi) is 4.40. The Morgan fingerprint density at radius 3 is 2.82 bits per heavy atom. The van der Waals surface area contributed by atoms with E-state index in [9.17, 15) is 4.79 Å². The average molecular weight is 317 g/mol. The van der Waals surface area contributed by atoms with Gasteiger partial charge in [-0.05, 0) is 44.2 Å². The van der Waals surface area contributed by atoms with Crippen molar-refractivity contribution in [3.8, 4) is 17.0 Å². The second-order valence-electron chi connectivity index (χ2n) is 5.33. The van der Waals surface area contributed by atoms with Gasteiger partial charge in [0.05, 0.1) is 18.7 Å². The number of rotatable bonds is 4. The van der Waals surface area contributed by atoms with Crippen LogP contribution in [0.5, 0.6) is 5.75 Å². The molecule has 0 saturated carbocycles. The first-order valence-electron chi connectivity index (χ1n) is 7.31. The van der Waals surface area contributed by atoms with Crippen molar-refractivity contribution in [1.82, 2.24) is 10.3 Å². The Hall–Kier alpha value is -1.92. The number of carbonyl (C=O) groups is 1.